The van der Waals surface area contributed by atoms with E-state index in [1.54, 1.807) is 12.1 Å². The molecule has 2 aromatic heterocycles. The van der Waals surface area contributed by atoms with Crippen LogP contribution in [0.4, 0.5) is 10.8 Å². The van der Waals surface area contributed by atoms with Crippen molar-refractivity contribution in [3.8, 4) is 0 Å². The maximum absolute atomic E-state index is 11.4. The molecule has 3 aromatic rings. The molecule has 8 heteroatoms. The predicted molar refractivity (Wildman–Crippen MR) is 94.0 cm³/mol. The number of hydrogen-bond donors (Lipinski definition) is 1. The smallest absolute Gasteiger partial charge is 0.373 e. The summed E-state index contributed by atoms with van der Waals surface area (Å²) in [6.45, 7) is 2.04. The Labute approximate surface area is 147 Å². The molecule has 0 spiro atoms. The van der Waals surface area contributed by atoms with Crippen molar-refractivity contribution in [2.24, 2.45) is 0 Å². The van der Waals surface area contributed by atoms with Crippen LogP contribution < -0.4 is 5.32 Å². The topological polar surface area (TPSA) is 77.2 Å². The summed E-state index contributed by atoms with van der Waals surface area (Å²) in [5.41, 5.74) is 2.16. The van der Waals surface area contributed by atoms with Gasteiger partial charge in [-0.15, -0.1) is 10.2 Å². The molecule has 0 amide bonds. The largest absolute Gasteiger partial charge is 0.463 e. The molecule has 6 nitrogen and oxygen atoms in total. The van der Waals surface area contributed by atoms with Gasteiger partial charge < -0.3 is 14.5 Å². The molecule has 0 saturated heterocycles. The van der Waals surface area contributed by atoms with Crippen LogP contribution in [-0.4, -0.2) is 23.3 Å². The summed E-state index contributed by atoms with van der Waals surface area (Å²) in [6.07, 6.45) is 0. The Kier molecular flexibility index (Phi) is 5.17. The quantitative estimate of drug-likeness (QED) is 0.519. The van der Waals surface area contributed by atoms with Crippen molar-refractivity contribution in [2.75, 3.05) is 12.4 Å². The maximum Gasteiger partial charge on any atom is 0.373 e. The van der Waals surface area contributed by atoms with E-state index < -0.39 is 5.97 Å². The molecule has 0 aliphatic rings. The van der Waals surface area contributed by atoms with Crippen LogP contribution in [0.15, 0.2) is 45.2 Å². The van der Waals surface area contributed by atoms with Gasteiger partial charge in [0.05, 0.1) is 12.9 Å². The Morgan fingerprint density at radius 2 is 2.21 bits per heavy atom. The van der Waals surface area contributed by atoms with Crippen molar-refractivity contribution in [1.82, 2.24) is 10.2 Å². The zero-order valence-electron chi connectivity index (χ0n) is 13.1. The van der Waals surface area contributed by atoms with Crippen LogP contribution in [-0.2, 0) is 10.5 Å². The number of esters is 1. The minimum Gasteiger partial charge on any atom is -0.463 e. The van der Waals surface area contributed by atoms with Gasteiger partial charge in [0.2, 0.25) is 10.9 Å². The Balaban J connectivity index is 1.58. The number of benzene rings is 1. The molecule has 0 saturated carbocycles. The number of anilines is 2. The van der Waals surface area contributed by atoms with E-state index in [0.717, 1.165) is 15.2 Å². The van der Waals surface area contributed by atoms with Crippen LogP contribution >= 0.6 is 23.1 Å². The highest BCUT2D eigenvalue weighted by atomic mass is 32.2. The number of rotatable bonds is 6. The van der Waals surface area contributed by atoms with Gasteiger partial charge in [0.1, 0.15) is 5.76 Å². The molecular weight excluding hydrogens is 346 g/mol. The molecule has 0 unspecified atom stereocenters. The molecule has 0 aliphatic carbocycles. The standard InChI is InChI=1S/C16H15N3O3S2/c1-10-4-3-5-11(8-10)17-15-18-19-16(24-15)23-9-12-6-7-13(22-12)14(20)21-2/h3-8H,9H2,1-2H3,(H,17,18). The minimum absolute atomic E-state index is 0.201. The molecule has 0 radical (unpaired) electrons. The summed E-state index contributed by atoms with van der Waals surface area (Å²) in [4.78, 5) is 11.4. The minimum atomic E-state index is -0.480. The lowest BCUT2D eigenvalue weighted by Crippen LogP contribution is -1.98. The number of nitrogens with zero attached hydrogens (tertiary/aromatic N) is 2. The van der Waals surface area contributed by atoms with Crippen molar-refractivity contribution < 1.29 is 13.9 Å². The fourth-order valence-electron chi connectivity index (χ4n) is 1.96. The molecular formula is C16H15N3O3S2. The molecule has 0 aliphatic heterocycles. The van der Waals surface area contributed by atoms with Gasteiger partial charge in [-0.2, -0.15) is 0 Å². The van der Waals surface area contributed by atoms with Crippen molar-refractivity contribution in [3.63, 3.8) is 0 Å². The van der Waals surface area contributed by atoms with Crippen LogP contribution in [0.1, 0.15) is 21.9 Å². The number of methoxy groups -OCH3 is 1. The highest BCUT2D eigenvalue weighted by molar-refractivity contribution is 8.00. The monoisotopic (exact) mass is 361 g/mol. The molecule has 0 atom stereocenters. The second kappa shape index (κ2) is 7.50. The first-order valence-corrected chi connectivity index (χ1v) is 8.91. The summed E-state index contributed by atoms with van der Waals surface area (Å²) in [5.74, 6) is 0.971. The van der Waals surface area contributed by atoms with Crippen molar-refractivity contribution in [2.45, 2.75) is 17.0 Å². The van der Waals surface area contributed by atoms with E-state index in [2.05, 4.69) is 20.3 Å². The van der Waals surface area contributed by atoms with Gasteiger partial charge in [0, 0.05) is 5.69 Å². The van der Waals surface area contributed by atoms with E-state index >= 15 is 0 Å². The van der Waals surface area contributed by atoms with Gasteiger partial charge in [0.15, 0.2) is 4.34 Å². The number of hydrogen-bond acceptors (Lipinski definition) is 8. The number of carbonyl (C=O) groups is 1. The number of ether oxygens (including phenoxy) is 1. The van der Waals surface area contributed by atoms with E-state index in [1.165, 1.54) is 35.8 Å². The van der Waals surface area contributed by atoms with Crippen molar-refractivity contribution >= 4 is 39.9 Å². The lowest BCUT2D eigenvalue weighted by atomic mass is 10.2. The number of aromatic nitrogens is 2. The predicted octanol–water partition coefficient (Wildman–Crippen LogP) is 4.26. The number of nitrogens with one attached hydrogen (secondary N) is 1. The Morgan fingerprint density at radius 1 is 1.33 bits per heavy atom. The third kappa shape index (κ3) is 4.15. The first kappa shape index (κ1) is 16.5. The zero-order valence-corrected chi connectivity index (χ0v) is 14.7. The molecule has 2 heterocycles. The Bertz CT molecular complexity index is 844. The van der Waals surface area contributed by atoms with Crippen LogP contribution in [0.2, 0.25) is 0 Å². The van der Waals surface area contributed by atoms with E-state index in [9.17, 15) is 4.79 Å². The van der Waals surface area contributed by atoms with Gasteiger partial charge in [-0.1, -0.05) is 35.2 Å². The summed E-state index contributed by atoms with van der Waals surface area (Å²) in [7, 11) is 1.32. The lowest BCUT2D eigenvalue weighted by Gasteiger charge is -2.01. The SMILES string of the molecule is COC(=O)c1ccc(CSc2nnc(Nc3cccc(C)c3)s2)o1. The molecule has 1 aromatic carbocycles. The Hall–Kier alpha value is -2.32. The zero-order chi connectivity index (χ0) is 16.9. The molecule has 3 rings (SSSR count). The average molecular weight is 361 g/mol. The molecule has 24 heavy (non-hydrogen) atoms. The third-order valence-corrected chi connectivity index (χ3v) is 5.06. The second-order valence-electron chi connectivity index (χ2n) is 4.91. The van der Waals surface area contributed by atoms with Gasteiger partial charge in [0.25, 0.3) is 0 Å². The number of carbonyl (C=O) groups excluding carboxylic acids is 1. The molecule has 124 valence electrons. The van der Waals surface area contributed by atoms with Gasteiger partial charge in [-0.3, -0.25) is 0 Å². The van der Waals surface area contributed by atoms with E-state index in [0.29, 0.717) is 11.5 Å². The fraction of sp³-hybridized carbons (Fsp3) is 0.188. The lowest BCUT2D eigenvalue weighted by molar-refractivity contribution is 0.0563. The molecule has 1 N–H and O–H groups in total. The summed E-state index contributed by atoms with van der Waals surface area (Å²) in [5, 5.41) is 12.2. The van der Waals surface area contributed by atoms with Crippen LogP contribution in [0.5, 0.6) is 0 Å². The number of thioether (sulfide) groups is 1. The molecule has 0 bridgehead atoms. The van der Waals surface area contributed by atoms with Crippen LogP contribution in [0, 0.1) is 6.92 Å². The van der Waals surface area contributed by atoms with Crippen molar-refractivity contribution in [1.29, 1.82) is 0 Å². The maximum atomic E-state index is 11.4. The van der Waals surface area contributed by atoms with Crippen molar-refractivity contribution in [3.05, 3.63) is 53.5 Å². The summed E-state index contributed by atoms with van der Waals surface area (Å²) < 4.78 is 10.9. The van der Waals surface area contributed by atoms with Crippen LogP contribution in [0.25, 0.3) is 0 Å². The highest BCUT2D eigenvalue weighted by Gasteiger charge is 2.12. The van der Waals surface area contributed by atoms with Gasteiger partial charge in [-0.25, -0.2) is 4.79 Å². The number of furan rings is 1. The van der Waals surface area contributed by atoms with Gasteiger partial charge in [-0.05, 0) is 36.8 Å². The van der Waals surface area contributed by atoms with Crippen LogP contribution in [0.3, 0.4) is 0 Å². The average Bonchev–Trinajstić information content (AvgIpc) is 3.21. The third-order valence-electron chi connectivity index (χ3n) is 3.06. The van der Waals surface area contributed by atoms with E-state index in [1.807, 2.05) is 31.2 Å². The first-order chi connectivity index (χ1) is 11.6. The van der Waals surface area contributed by atoms with E-state index in [4.69, 9.17) is 4.42 Å². The summed E-state index contributed by atoms with van der Waals surface area (Å²) >= 11 is 2.97. The number of aryl methyl sites for hydroxylation is 1. The fourth-order valence-corrected chi connectivity index (χ4v) is 3.63. The molecule has 0 fully saturated rings. The highest BCUT2D eigenvalue weighted by Crippen LogP contribution is 2.30. The van der Waals surface area contributed by atoms with E-state index in [-0.39, 0.29) is 5.76 Å². The summed E-state index contributed by atoms with van der Waals surface area (Å²) in [6, 6.07) is 11.4. The normalized spacial score (nSPS) is 10.6. The first-order valence-electron chi connectivity index (χ1n) is 7.11. The second-order valence-corrected chi connectivity index (χ2v) is 7.11. The van der Waals surface area contributed by atoms with Gasteiger partial charge >= 0.3 is 5.97 Å². The Morgan fingerprint density at radius 3 is 3.00 bits per heavy atom.